The van der Waals surface area contributed by atoms with Gasteiger partial charge in [0.25, 0.3) is 5.91 Å². The average Bonchev–Trinajstić information content (AvgIpc) is 3.12. The molecule has 2 aromatic heterocycles. The number of aromatic nitrogens is 2. The number of halogens is 3. The Labute approximate surface area is 192 Å². The maximum Gasteiger partial charge on any atom is 0.435 e. The average molecular weight is 487 g/mol. The molecule has 0 fully saturated rings. The van der Waals surface area contributed by atoms with Crippen molar-refractivity contribution in [1.29, 1.82) is 0 Å². The Morgan fingerprint density at radius 1 is 1.21 bits per heavy atom. The number of hydrogen-bond acceptors (Lipinski definition) is 6. The molecule has 0 bridgehead atoms. The van der Waals surface area contributed by atoms with Crippen molar-refractivity contribution in [3.8, 4) is 0 Å². The van der Waals surface area contributed by atoms with Gasteiger partial charge in [-0.15, -0.1) is 11.3 Å². The molecule has 0 unspecified atom stereocenters. The summed E-state index contributed by atoms with van der Waals surface area (Å²) >= 11 is 0.820. The molecule has 0 saturated heterocycles. The highest BCUT2D eigenvalue weighted by Gasteiger charge is 2.39. The number of amides is 2. The van der Waals surface area contributed by atoms with E-state index < -0.39 is 36.2 Å². The highest BCUT2D eigenvalue weighted by Crippen LogP contribution is 2.36. The van der Waals surface area contributed by atoms with Crippen LogP contribution in [0.2, 0.25) is 0 Å². The van der Waals surface area contributed by atoms with E-state index in [1.54, 1.807) is 0 Å². The Morgan fingerprint density at radius 2 is 1.91 bits per heavy atom. The van der Waals surface area contributed by atoms with Crippen LogP contribution in [-0.2, 0) is 35.1 Å². The first-order valence-corrected chi connectivity index (χ1v) is 11.4. The van der Waals surface area contributed by atoms with Crippen LogP contribution in [0, 0.1) is 6.92 Å². The van der Waals surface area contributed by atoms with Crippen LogP contribution in [0.3, 0.4) is 0 Å². The summed E-state index contributed by atoms with van der Waals surface area (Å²) in [6, 6.07) is 0. The summed E-state index contributed by atoms with van der Waals surface area (Å²) in [4.78, 5) is 37.1. The van der Waals surface area contributed by atoms with Crippen molar-refractivity contribution in [1.82, 2.24) is 9.78 Å². The van der Waals surface area contributed by atoms with Gasteiger partial charge in [-0.2, -0.15) is 18.3 Å². The molecule has 1 aliphatic rings. The molecule has 33 heavy (non-hydrogen) atoms. The lowest BCUT2D eigenvalue weighted by atomic mass is 10.1. The topological polar surface area (TPSA) is 116 Å². The normalized spacial score (nSPS) is 13.8. The zero-order valence-corrected chi connectivity index (χ0v) is 19.1. The van der Waals surface area contributed by atoms with Crippen molar-refractivity contribution in [3.05, 3.63) is 33.0 Å². The number of esters is 1. The maximum absolute atomic E-state index is 13.5. The molecule has 3 N–H and O–H groups in total. The number of hydrogen-bond donors (Lipinski definition) is 2. The first-order chi connectivity index (χ1) is 15.5. The number of alkyl halides is 3. The molecule has 0 atom stereocenters. The Kier molecular flexibility index (Phi) is 7.45. The number of rotatable bonds is 7. The maximum atomic E-state index is 13.5. The third kappa shape index (κ3) is 5.37. The molecular weight excluding hydrogens is 461 g/mol. The predicted octanol–water partition coefficient (Wildman–Crippen LogP) is 3.85. The Morgan fingerprint density at radius 3 is 2.55 bits per heavy atom. The standard InChI is InChI=1S/C21H25F3N4O4S/c1-3-9-32-20(31)15-11(2)16(18(25)30)33-19(15)26-14(29)10-28-13-8-6-4-5-7-12(13)17(27-28)21(22,23)24/h3-10H2,1-2H3,(H2,25,30)(H,26,29). The van der Waals surface area contributed by atoms with Gasteiger partial charge in [-0.25, -0.2) is 4.79 Å². The molecule has 0 aliphatic heterocycles. The van der Waals surface area contributed by atoms with Gasteiger partial charge in [-0.05, 0) is 44.6 Å². The van der Waals surface area contributed by atoms with Gasteiger partial charge < -0.3 is 15.8 Å². The van der Waals surface area contributed by atoms with E-state index in [0.717, 1.165) is 22.4 Å². The van der Waals surface area contributed by atoms with Crippen molar-refractivity contribution >= 4 is 34.1 Å². The van der Waals surface area contributed by atoms with Gasteiger partial charge in [-0.1, -0.05) is 13.3 Å². The lowest BCUT2D eigenvalue weighted by Gasteiger charge is -2.10. The second kappa shape index (κ2) is 9.94. The number of nitrogens with two attached hydrogens (primary N) is 1. The molecular formula is C21H25F3N4O4S. The zero-order valence-electron chi connectivity index (χ0n) is 18.3. The van der Waals surface area contributed by atoms with E-state index in [0.29, 0.717) is 31.4 Å². The van der Waals surface area contributed by atoms with Crippen LogP contribution in [0.1, 0.15) is 75.2 Å². The summed E-state index contributed by atoms with van der Waals surface area (Å²) in [6.07, 6.45) is -1.27. The van der Waals surface area contributed by atoms with E-state index in [1.807, 2.05) is 6.92 Å². The SMILES string of the molecule is CCCOC(=O)c1c(NC(=O)Cn2nc(C(F)(F)F)c3c2CCCCC3)sc(C(N)=O)c1C. The van der Waals surface area contributed by atoms with Gasteiger partial charge in [0.05, 0.1) is 17.0 Å². The van der Waals surface area contributed by atoms with Crippen LogP contribution in [0.4, 0.5) is 18.2 Å². The molecule has 2 amide bonds. The molecule has 0 spiro atoms. The summed E-state index contributed by atoms with van der Waals surface area (Å²) in [5.41, 5.74) is 5.23. The lowest BCUT2D eigenvalue weighted by Crippen LogP contribution is -2.22. The van der Waals surface area contributed by atoms with Gasteiger partial charge in [0, 0.05) is 11.3 Å². The first kappa shape index (κ1) is 24.7. The van der Waals surface area contributed by atoms with Gasteiger partial charge in [0.15, 0.2) is 5.69 Å². The first-order valence-electron chi connectivity index (χ1n) is 10.6. The highest BCUT2D eigenvalue weighted by molar-refractivity contribution is 7.18. The van der Waals surface area contributed by atoms with Gasteiger partial charge in [0.2, 0.25) is 5.91 Å². The van der Waals surface area contributed by atoms with Crippen molar-refractivity contribution in [2.24, 2.45) is 5.73 Å². The quantitative estimate of drug-likeness (QED) is 0.456. The van der Waals surface area contributed by atoms with Crippen LogP contribution in [0.25, 0.3) is 0 Å². The summed E-state index contributed by atoms with van der Waals surface area (Å²) in [5, 5.41) is 6.29. The van der Waals surface area contributed by atoms with Crippen molar-refractivity contribution in [2.45, 2.75) is 65.1 Å². The predicted molar refractivity (Wildman–Crippen MR) is 115 cm³/mol. The number of anilines is 1. The molecule has 0 aromatic carbocycles. The second-order valence-corrected chi connectivity index (χ2v) is 8.82. The van der Waals surface area contributed by atoms with Crippen LogP contribution in [-0.4, -0.2) is 34.2 Å². The summed E-state index contributed by atoms with van der Waals surface area (Å²) < 4.78 is 46.7. The molecule has 0 radical (unpaired) electrons. The largest absolute Gasteiger partial charge is 0.462 e. The summed E-state index contributed by atoms with van der Waals surface area (Å²) in [5.74, 6) is -2.17. The number of primary amides is 1. The fraction of sp³-hybridized carbons (Fsp3) is 0.524. The Bertz CT molecular complexity index is 1070. The number of nitrogens with zero attached hydrogens (tertiary/aromatic N) is 2. The van der Waals surface area contributed by atoms with Crippen LogP contribution in [0.5, 0.6) is 0 Å². The van der Waals surface area contributed by atoms with Crippen molar-refractivity contribution in [2.75, 3.05) is 11.9 Å². The Hall–Kier alpha value is -2.89. The molecule has 1 aliphatic carbocycles. The van der Waals surface area contributed by atoms with E-state index in [9.17, 15) is 27.6 Å². The lowest BCUT2D eigenvalue weighted by molar-refractivity contribution is -0.142. The van der Waals surface area contributed by atoms with Gasteiger partial charge in [-0.3, -0.25) is 14.3 Å². The van der Waals surface area contributed by atoms with E-state index in [1.165, 1.54) is 6.92 Å². The molecule has 2 heterocycles. The molecule has 0 saturated carbocycles. The van der Waals surface area contributed by atoms with Crippen LogP contribution < -0.4 is 11.1 Å². The van der Waals surface area contributed by atoms with E-state index in [4.69, 9.17) is 10.5 Å². The number of ether oxygens (including phenoxy) is 1. The molecule has 3 rings (SSSR count). The third-order valence-corrected chi connectivity index (χ3v) is 6.56. The smallest absolute Gasteiger partial charge is 0.435 e. The molecule has 2 aromatic rings. The Balaban J connectivity index is 1.90. The van der Waals surface area contributed by atoms with Gasteiger partial charge >= 0.3 is 12.1 Å². The molecule has 8 nitrogen and oxygen atoms in total. The van der Waals surface area contributed by atoms with E-state index >= 15 is 0 Å². The number of nitrogens with one attached hydrogen (secondary N) is 1. The minimum absolute atomic E-state index is 0.00544. The van der Waals surface area contributed by atoms with E-state index in [-0.39, 0.29) is 39.6 Å². The van der Waals surface area contributed by atoms with E-state index in [2.05, 4.69) is 10.4 Å². The summed E-state index contributed by atoms with van der Waals surface area (Å²) in [6.45, 7) is 3.00. The fourth-order valence-corrected chi connectivity index (χ4v) is 4.92. The molecule has 12 heteroatoms. The fourth-order valence-electron chi connectivity index (χ4n) is 3.86. The molecule has 180 valence electrons. The zero-order chi connectivity index (χ0) is 24.3. The monoisotopic (exact) mass is 486 g/mol. The van der Waals surface area contributed by atoms with Gasteiger partial charge in [0.1, 0.15) is 11.5 Å². The van der Waals surface area contributed by atoms with Crippen molar-refractivity contribution < 1.29 is 32.3 Å². The number of carbonyl (C=O) groups excluding carboxylic acids is 3. The number of carbonyl (C=O) groups is 3. The van der Waals surface area contributed by atoms with Crippen molar-refractivity contribution in [3.63, 3.8) is 0 Å². The van der Waals surface area contributed by atoms with Crippen LogP contribution in [0.15, 0.2) is 0 Å². The second-order valence-electron chi connectivity index (χ2n) is 7.80. The highest BCUT2D eigenvalue weighted by atomic mass is 32.1. The van der Waals surface area contributed by atoms with Crippen LogP contribution >= 0.6 is 11.3 Å². The minimum Gasteiger partial charge on any atom is -0.462 e. The third-order valence-electron chi connectivity index (χ3n) is 5.33. The number of thiophene rings is 1. The number of fused-ring (bicyclic) bond motifs is 1. The summed E-state index contributed by atoms with van der Waals surface area (Å²) in [7, 11) is 0. The minimum atomic E-state index is -4.62.